The van der Waals surface area contributed by atoms with Crippen LogP contribution in [-0.2, 0) is 14.6 Å². The fraction of sp³-hybridized carbons (Fsp3) is 0.235. The Morgan fingerprint density at radius 1 is 1.24 bits per heavy atom. The number of nitrogens with two attached hydrogens (primary N) is 1. The first kappa shape index (κ1) is 17.3. The van der Waals surface area contributed by atoms with Gasteiger partial charge in [0, 0.05) is 5.56 Å². The average molecular weight is 366 g/mol. The SMILES string of the molecule is C[C@@]1(c2cccc(O)c2)C(N)=N[C@H](c2cc(F)ccc2F)CS1(=O)=O. The van der Waals surface area contributed by atoms with E-state index in [1.54, 1.807) is 0 Å². The molecule has 5 nitrogen and oxygen atoms in total. The van der Waals surface area contributed by atoms with E-state index in [1.807, 2.05) is 0 Å². The summed E-state index contributed by atoms with van der Waals surface area (Å²) in [7, 11) is -3.93. The fourth-order valence-corrected chi connectivity index (χ4v) is 4.78. The summed E-state index contributed by atoms with van der Waals surface area (Å²) >= 11 is 0. The van der Waals surface area contributed by atoms with Crippen molar-refractivity contribution in [1.82, 2.24) is 0 Å². The molecule has 0 bridgehead atoms. The van der Waals surface area contributed by atoms with E-state index in [4.69, 9.17) is 5.73 Å². The quantitative estimate of drug-likeness (QED) is 0.854. The lowest BCUT2D eigenvalue weighted by molar-refractivity contribution is 0.474. The number of aromatic hydroxyl groups is 1. The zero-order chi connectivity index (χ0) is 18.4. The van der Waals surface area contributed by atoms with E-state index in [-0.39, 0.29) is 22.7 Å². The van der Waals surface area contributed by atoms with Gasteiger partial charge in [0.05, 0.1) is 11.8 Å². The minimum Gasteiger partial charge on any atom is -0.508 e. The molecule has 3 N–H and O–H groups in total. The number of phenols is 1. The van der Waals surface area contributed by atoms with Crippen molar-refractivity contribution in [2.24, 2.45) is 10.7 Å². The Labute approximate surface area is 143 Å². The number of hydrogen-bond donors (Lipinski definition) is 2. The first-order chi connectivity index (χ1) is 11.6. The Morgan fingerprint density at radius 2 is 1.96 bits per heavy atom. The fourth-order valence-electron chi connectivity index (χ4n) is 2.92. The molecule has 2 atom stereocenters. The van der Waals surface area contributed by atoms with Crippen molar-refractivity contribution >= 4 is 15.7 Å². The zero-order valence-electron chi connectivity index (χ0n) is 13.3. The number of halogens is 2. The Kier molecular flexibility index (Phi) is 4.03. The number of hydrogen-bond acceptors (Lipinski definition) is 5. The van der Waals surface area contributed by atoms with Crippen LogP contribution in [0, 0.1) is 11.6 Å². The molecule has 0 aliphatic carbocycles. The monoisotopic (exact) mass is 366 g/mol. The van der Waals surface area contributed by atoms with E-state index >= 15 is 0 Å². The first-order valence-corrected chi connectivity index (χ1v) is 9.11. The molecule has 8 heteroatoms. The first-order valence-electron chi connectivity index (χ1n) is 7.45. The van der Waals surface area contributed by atoms with Gasteiger partial charge in [-0.25, -0.2) is 17.2 Å². The summed E-state index contributed by atoms with van der Waals surface area (Å²) in [6, 6.07) is 7.37. The lowest BCUT2D eigenvalue weighted by Gasteiger charge is -2.35. The van der Waals surface area contributed by atoms with Crippen molar-refractivity contribution in [3.05, 3.63) is 65.2 Å². The largest absolute Gasteiger partial charge is 0.508 e. The lowest BCUT2D eigenvalue weighted by atomic mass is 9.97. The highest BCUT2D eigenvalue weighted by molar-refractivity contribution is 7.93. The zero-order valence-corrected chi connectivity index (χ0v) is 14.1. The Bertz CT molecular complexity index is 976. The summed E-state index contributed by atoms with van der Waals surface area (Å²) in [6.45, 7) is 1.38. The summed E-state index contributed by atoms with van der Waals surface area (Å²) in [5, 5.41) is 9.64. The minimum atomic E-state index is -3.93. The van der Waals surface area contributed by atoms with E-state index in [2.05, 4.69) is 4.99 Å². The van der Waals surface area contributed by atoms with Crippen LogP contribution in [0.15, 0.2) is 47.5 Å². The van der Waals surface area contributed by atoms with Gasteiger partial charge in [-0.2, -0.15) is 0 Å². The third-order valence-corrected chi connectivity index (χ3v) is 6.94. The molecule has 2 aromatic carbocycles. The summed E-state index contributed by atoms with van der Waals surface area (Å²) in [4.78, 5) is 4.14. The maximum atomic E-state index is 14.0. The maximum Gasteiger partial charge on any atom is 0.169 e. The molecule has 0 amide bonds. The van der Waals surface area contributed by atoms with Crippen molar-refractivity contribution in [2.45, 2.75) is 17.7 Å². The highest BCUT2D eigenvalue weighted by Crippen LogP contribution is 2.40. The molecule has 0 radical (unpaired) electrons. The summed E-state index contributed by atoms with van der Waals surface area (Å²) in [5.41, 5.74) is 6.05. The van der Waals surface area contributed by atoms with Crippen LogP contribution in [0.1, 0.15) is 24.1 Å². The maximum absolute atomic E-state index is 14.0. The number of phenolic OH excluding ortho intramolecular Hbond substituents is 1. The average Bonchev–Trinajstić information content (AvgIpc) is 2.54. The van der Waals surface area contributed by atoms with Crippen LogP contribution < -0.4 is 5.73 Å². The van der Waals surface area contributed by atoms with Gasteiger partial charge in [0.1, 0.15) is 23.2 Å². The van der Waals surface area contributed by atoms with Crippen LogP contribution in [0.25, 0.3) is 0 Å². The molecule has 25 heavy (non-hydrogen) atoms. The number of nitrogens with zero attached hydrogens (tertiary/aromatic N) is 1. The topological polar surface area (TPSA) is 92.8 Å². The molecule has 1 aliphatic rings. The third kappa shape index (κ3) is 2.76. The van der Waals surface area contributed by atoms with E-state index in [1.165, 1.54) is 31.2 Å². The van der Waals surface area contributed by atoms with Crippen molar-refractivity contribution in [3.63, 3.8) is 0 Å². The predicted octanol–water partition coefficient (Wildman–Crippen LogP) is 2.41. The number of amidine groups is 1. The van der Waals surface area contributed by atoms with Crippen LogP contribution >= 0.6 is 0 Å². The van der Waals surface area contributed by atoms with Gasteiger partial charge in [-0.15, -0.1) is 0 Å². The highest BCUT2D eigenvalue weighted by Gasteiger charge is 2.49. The number of aliphatic imine (C=N–C) groups is 1. The molecule has 1 aliphatic heterocycles. The smallest absolute Gasteiger partial charge is 0.169 e. The highest BCUT2D eigenvalue weighted by atomic mass is 32.2. The van der Waals surface area contributed by atoms with Crippen LogP contribution in [0.2, 0.25) is 0 Å². The number of benzene rings is 2. The van der Waals surface area contributed by atoms with Crippen LogP contribution in [0.5, 0.6) is 5.75 Å². The van der Waals surface area contributed by atoms with Crippen LogP contribution in [0.4, 0.5) is 8.78 Å². The van der Waals surface area contributed by atoms with E-state index < -0.39 is 38.0 Å². The Hall–Kier alpha value is -2.48. The molecule has 0 fully saturated rings. The Balaban J connectivity index is 2.16. The van der Waals surface area contributed by atoms with Gasteiger partial charge < -0.3 is 10.8 Å². The molecule has 0 unspecified atom stereocenters. The van der Waals surface area contributed by atoms with Crippen molar-refractivity contribution in [1.29, 1.82) is 0 Å². The number of rotatable bonds is 2. The second kappa shape index (κ2) is 5.80. The lowest BCUT2D eigenvalue weighted by Crippen LogP contribution is -2.50. The standard InChI is InChI=1S/C17H16F2N2O3S/c1-17(10-3-2-4-12(22)7-10)16(20)21-15(9-25(17,23)24)13-8-11(18)5-6-14(13)19/h2-8,15,22H,9H2,1H3,(H2,20,21)/t15-,17+/m0/s1. The van der Waals surface area contributed by atoms with E-state index in [0.717, 1.165) is 18.2 Å². The number of sulfone groups is 1. The third-order valence-electron chi connectivity index (χ3n) is 4.50. The molecule has 0 saturated carbocycles. The van der Waals surface area contributed by atoms with Crippen LogP contribution in [0.3, 0.4) is 0 Å². The molecule has 0 saturated heterocycles. The minimum absolute atomic E-state index is 0.111. The summed E-state index contributed by atoms with van der Waals surface area (Å²) in [5.74, 6) is -2.32. The van der Waals surface area contributed by atoms with Crippen molar-refractivity contribution < 1.29 is 22.3 Å². The second-order valence-electron chi connectivity index (χ2n) is 6.06. The van der Waals surface area contributed by atoms with E-state index in [0.29, 0.717) is 0 Å². The van der Waals surface area contributed by atoms with Gasteiger partial charge in [0.25, 0.3) is 0 Å². The molecule has 3 rings (SSSR count). The van der Waals surface area contributed by atoms with Gasteiger partial charge in [0.15, 0.2) is 14.6 Å². The second-order valence-corrected chi connectivity index (χ2v) is 8.44. The van der Waals surface area contributed by atoms with Crippen LogP contribution in [-0.4, -0.2) is 25.1 Å². The van der Waals surface area contributed by atoms with Crippen molar-refractivity contribution in [2.75, 3.05) is 5.75 Å². The molecule has 2 aromatic rings. The molecule has 0 spiro atoms. The van der Waals surface area contributed by atoms with E-state index in [9.17, 15) is 22.3 Å². The van der Waals surface area contributed by atoms with Crippen molar-refractivity contribution in [3.8, 4) is 5.75 Å². The predicted molar refractivity (Wildman–Crippen MR) is 90.0 cm³/mol. The van der Waals surface area contributed by atoms with Gasteiger partial charge in [-0.05, 0) is 42.8 Å². The molecule has 1 heterocycles. The normalized spacial score (nSPS) is 25.4. The van der Waals surface area contributed by atoms with Gasteiger partial charge in [-0.3, -0.25) is 4.99 Å². The molecule has 132 valence electrons. The summed E-state index contributed by atoms with van der Waals surface area (Å²) in [6.07, 6.45) is 0. The Morgan fingerprint density at radius 3 is 2.60 bits per heavy atom. The van der Waals surface area contributed by atoms with Gasteiger partial charge >= 0.3 is 0 Å². The molecular formula is C17H16F2N2O3S. The van der Waals surface area contributed by atoms with Gasteiger partial charge in [0.2, 0.25) is 0 Å². The summed E-state index contributed by atoms with van der Waals surface area (Å²) < 4.78 is 51.7. The molecular weight excluding hydrogens is 350 g/mol. The van der Waals surface area contributed by atoms with Gasteiger partial charge in [-0.1, -0.05) is 12.1 Å². The molecule has 0 aromatic heterocycles.